The lowest BCUT2D eigenvalue weighted by Crippen LogP contribution is -2.62. The number of rotatable bonds is 2. The van der Waals surface area contributed by atoms with Gasteiger partial charge in [-0.1, -0.05) is 103 Å². The predicted molar refractivity (Wildman–Crippen MR) is 244 cm³/mol. The molecule has 0 radical (unpaired) electrons. The van der Waals surface area contributed by atoms with Crippen molar-refractivity contribution in [3.8, 4) is 22.3 Å². The van der Waals surface area contributed by atoms with Gasteiger partial charge >= 0.3 is 0 Å². The minimum atomic E-state index is 0.0912. The summed E-state index contributed by atoms with van der Waals surface area (Å²) in [6.45, 7) is 0.0912. The molecule has 4 bridgehead atoms. The number of fused-ring (bicyclic) bond motifs is 11. The van der Waals surface area contributed by atoms with E-state index >= 15 is 0 Å². The van der Waals surface area contributed by atoms with Crippen LogP contribution in [0.1, 0.15) is 73.6 Å². The van der Waals surface area contributed by atoms with Gasteiger partial charge in [0.05, 0.1) is 0 Å². The Balaban J connectivity index is 1.10. The van der Waals surface area contributed by atoms with E-state index in [1.165, 1.54) is 119 Å². The highest BCUT2D eigenvalue weighted by molar-refractivity contribution is 7.01. The third-order valence-corrected chi connectivity index (χ3v) is 17.6. The van der Waals surface area contributed by atoms with Crippen LogP contribution in [0.3, 0.4) is 0 Å². The molecular weight excluding hydrogens is 711 g/mol. The summed E-state index contributed by atoms with van der Waals surface area (Å²) in [6, 6.07) is 59.5. The molecule has 4 saturated carbocycles. The lowest BCUT2D eigenvalue weighted by molar-refractivity contribution is 0.400. The van der Waals surface area contributed by atoms with Crippen LogP contribution < -0.4 is 26.2 Å². The second-order valence-corrected chi connectivity index (χ2v) is 19.3. The maximum atomic E-state index is 2.80. The van der Waals surface area contributed by atoms with Gasteiger partial charge in [-0.3, -0.25) is 0 Å². The van der Waals surface area contributed by atoms with Crippen LogP contribution in [-0.4, -0.2) is 6.71 Å². The Hall–Kier alpha value is -5.80. The van der Waals surface area contributed by atoms with E-state index in [1.807, 2.05) is 0 Å². The Kier molecular flexibility index (Phi) is 6.02. The van der Waals surface area contributed by atoms with Crippen LogP contribution >= 0.6 is 0 Å². The highest BCUT2D eigenvalue weighted by Gasteiger charge is 2.63. The van der Waals surface area contributed by atoms with Gasteiger partial charge in [-0.2, -0.15) is 0 Å². The van der Waals surface area contributed by atoms with Gasteiger partial charge in [-0.05, 0) is 184 Å². The molecule has 4 fully saturated rings. The first-order valence-corrected chi connectivity index (χ1v) is 22.7. The number of hydrogen-bond donors (Lipinski definition) is 0. The molecule has 2 aliphatic heterocycles. The van der Waals surface area contributed by atoms with E-state index in [-0.39, 0.29) is 17.5 Å². The zero-order valence-electron chi connectivity index (χ0n) is 33.4. The summed E-state index contributed by atoms with van der Waals surface area (Å²) in [5.41, 5.74) is 24.9. The molecule has 8 aliphatic rings. The van der Waals surface area contributed by atoms with Gasteiger partial charge in [-0.25, -0.2) is 0 Å². The predicted octanol–water partition coefficient (Wildman–Crippen LogP) is 11.9. The van der Waals surface area contributed by atoms with E-state index in [2.05, 4.69) is 161 Å². The van der Waals surface area contributed by atoms with Crippen molar-refractivity contribution < 1.29 is 0 Å². The maximum Gasteiger partial charge on any atom is 0.252 e. The van der Waals surface area contributed by atoms with Crippen molar-refractivity contribution >= 4 is 57.2 Å². The van der Waals surface area contributed by atoms with Crippen molar-refractivity contribution in [2.45, 2.75) is 62.2 Å². The molecule has 0 atom stereocenters. The molecule has 7 aromatic carbocycles. The van der Waals surface area contributed by atoms with Crippen molar-refractivity contribution in [2.75, 3.05) is 9.80 Å². The number of hydrogen-bond acceptors (Lipinski definition) is 2. The number of para-hydroxylation sites is 2. The zero-order chi connectivity index (χ0) is 38.2. The van der Waals surface area contributed by atoms with Gasteiger partial charge in [0, 0.05) is 45.0 Å². The quantitative estimate of drug-likeness (QED) is 0.162. The van der Waals surface area contributed by atoms with Crippen LogP contribution in [0.2, 0.25) is 0 Å². The first-order valence-electron chi connectivity index (χ1n) is 22.7. The minimum absolute atomic E-state index is 0.0912. The van der Waals surface area contributed by atoms with Crippen molar-refractivity contribution in [2.24, 2.45) is 23.7 Å². The van der Waals surface area contributed by atoms with E-state index in [0.717, 1.165) is 11.8 Å². The fourth-order valence-corrected chi connectivity index (χ4v) is 15.8. The Morgan fingerprint density at radius 3 is 1.47 bits per heavy atom. The van der Waals surface area contributed by atoms with Gasteiger partial charge in [0.1, 0.15) is 0 Å². The molecule has 2 heterocycles. The summed E-state index contributed by atoms with van der Waals surface area (Å²) >= 11 is 0. The monoisotopic (exact) mass is 756 g/mol. The average molecular weight is 757 g/mol. The first kappa shape index (κ1) is 32.1. The van der Waals surface area contributed by atoms with E-state index in [0.29, 0.717) is 11.8 Å². The molecule has 59 heavy (non-hydrogen) atoms. The second kappa shape index (κ2) is 11.1. The largest absolute Gasteiger partial charge is 0.311 e. The molecule has 0 N–H and O–H groups in total. The second-order valence-electron chi connectivity index (χ2n) is 19.3. The number of anilines is 6. The third kappa shape index (κ3) is 3.60. The molecular formula is C56H45BN2. The summed E-state index contributed by atoms with van der Waals surface area (Å²) in [5, 5.41) is 0. The van der Waals surface area contributed by atoms with Gasteiger partial charge in [-0.15, -0.1) is 0 Å². The normalized spacial score (nSPS) is 27.5. The van der Waals surface area contributed by atoms with E-state index in [4.69, 9.17) is 0 Å². The van der Waals surface area contributed by atoms with Gasteiger partial charge < -0.3 is 9.80 Å². The number of nitrogens with zero attached hydrogens (tertiary/aromatic N) is 2. The first-order chi connectivity index (χ1) is 29.3. The van der Waals surface area contributed by atoms with Crippen LogP contribution in [0, 0.1) is 23.7 Å². The molecule has 2 spiro atoms. The Morgan fingerprint density at radius 2 is 0.864 bits per heavy atom. The lowest BCUT2D eigenvalue weighted by atomic mass is 9.32. The third-order valence-electron chi connectivity index (χ3n) is 17.6. The SMILES string of the molecule is c1ccc(N2c3cc4c(cc3B3c5c2cccc5N(c2ccccc2)c2ccc5c(c23)-c2ccccc2C52C3CCC2CC3)C2(c3ccccc3-4)C3CCC2CC3)cc1. The van der Waals surface area contributed by atoms with Crippen LogP contribution in [-0.2, 0) is 10.8 Å². The average Bonchev–Trinajstić information content (AvgIpc) is 4.15. The Bertz CT molecular complexity index is 2930. The Morgan fingerprint density at radius 1 is 0.373 bits per heavy atom. The van der Waals surface area contributed by atoms with Crippen LogP contribution in [0.4, 0.5) is 34.1 Å². The highest BCUT2D eigenvalue weighted by atomic mass is 15.2. The zero-order valence-corrected chi connectivity index (χ0v) is 33.4. The molecule has 7 aromatic rings. The maximum absolute atomic E-state index is 2.80. The van der Waals surface area contributed by atoms with E-state index < -0.39 is 0 Å². The van der Waals surface area contributed by atoms with Crippen LogP contribution in [0.25, 0.3) is 22.3 Å². The van der Waals surface area contributed by atoms with E-state index in [1.54, 1.807) is 27.8 Å². The van der Waals surface area contributed by atoms with Crippen molar-refractivity contribution in [3.63, 3.8) is 0 Å². The van der Waals surface area contributed by atoms with Crippen LogP contribution in [0.5, 0.6) is 0 Å². The van der Waals surface area contributed by atoms with Crippen LogP contribution in [0.15, 0.2) is 152 Å². The molecule has 0 aromatic heterocycles. The van der Waals surface area contributed by atoms with E-state index in [9.17, 15) is 0 Å². The molecule has 282 valence electrons. The Labute approximate surface area is 347 Å². The summed E-state index contributed by atoms with van der Waals surface area (Å²) in [5.74, 6) is 2.86. The molecule has 0 saturated heterocycles. The smallest absolute Gasteiger partial charge is 0.252 e. The van der Waals surface area contributed by atoms with Gasteiger partial charge in [0.25, 0.3) is 6.71 Å². The fourth-order valence-electron chi connectivity index (χ4n) is 15.8. The lowest BCUT2D eigenvalue weighted by Gasteiger charge is -2.45. The standard InChI is InChI=1S/C56H45BN2/c1-3-12-38(13-4-1)58-48-20-11-21-49-53(48)57(54-50(58)31-30-45-52(54)41-17-8-10-19-44(41)55(45)34-22-23-35(55)25-24-34)47-33-46-42(32-51(47)59(49)39-14-5-2-6-15-39)40-16-7-9-18-43(40)56(46)36-26-27-37(56)29-28-36/h1-21,30-37H,22-29H2. The summed E-state index contributed by atoms with van der Waals surface area (Å²) in [4.78, 5) is 5.25. The summed E-state index contributed by atoms with van der Waals surface area (Å²) in [6.07, 6.45) is 10.8. The van der Waals surface area contributed by atoms with Gasteiger partial charge in [0.2, 0.25) is 0 Å². The molecule has 0 unspecified atom stereocenters. The summed E-state index contributed by atoms with van der Waals surface area (Å²) in [7, 11) is 0. The number of benzene rings is 7. The van der Waals surface area contributed by atoms with Crippen molar-refractivity contribution in [1.82, 2.24) is 0 Å². The van der Waals surface area contributed by atoms with Crippen molar-refractivity contribution in [1.29, 1.82) is 0 Å². The molecule has 6 aliphatic carbocycles. The van der Waals surface area contributed by atoms with Gasteiger partial charge in [0.15, 0.2) is 0 Å². The van der Waals surface area contributed by atoms with Crippen molar-refractivity contribution in [3.05, 3.63) is 174 Å². The minimum Gasteiger partial charge on any atom is -0.311 e. The molecule has 15 rings (SSSR count). The topological polar surface area (TPSA) is 6.48 Å². The molecule has 3 heteroatoms. The highest BCUT2D eigenvalue weighted by Crippen LogP contribution is 2.70. The fraction of sp³-hybridized carbons (Fsp3) is 0.250. The molecule has 2 nitrogen and oxygen atoms in total. The summed E-state index contributed by atoms with van der Waals surface area (Å²) < 4.78 is 0. The molecule has 0 amide bonds.